The van der Waals surface area contributed by atoms with E-state index in [4.69, 9.17) is 32.5 Å². The molecule has 0 saturated carbocycles. The summed E-state index contributed by atoms with van der Waals surface area (Å²) in [5.41, 5.74) is 0.823. The Morgan fingerprint density at radius 1 is 0.475 bits per heavy atom. The Morgan fingerprint density at radius 3 is 1.31 bits per heavy atom. The predicted molar refractivity (Wildman–Crippen MR) is 250 cm³/mol. The van der Waals surface area contributed by atoms with Crippen molar-refractivity contribution in [3.63, 3.8) is 0 Å². The number of benzene rings is 1. The highest BCUT2D eigenvalue weighted by atomic mass is 79.9. The molecule has 2 aromatic rings. The summed E-state index contributed by atoms with van der Waals surface area (Å²) in [6.07, 6.45) is 28.4. The van der Waals surface area contributed by atoms with Crippen LogP contribution in [0.4, 0.5) is 0 Å². The third-order valence-corrected chi connectivity index (χ3v) is 12.0. The van der Waals surface area contributed by atoms with E-state index in [9.17, 15) is 18.9 Å². The van der Waals surface area contributed by atoms with Crippen molar-refractivity contribution in [2.75, 3.05) is 84.6 Å². The van der Waals surface area contributed by atoms with Gasteiger partial charge in [0.15, 0.2) is 0 Å². The topological polar surface area (TPSA) is 161 Å². The van der Waals surface area contributed by atoms with Crippen LogP contribution in [0.15, 0.2) is 36.5 Å². The van der Waals surface area contributed by atoms with E-state index < -0.39 is 15.6 Å². The van der Waals surface area contributed by atoms with Gasteiger partial charge in [-0.2, -0.15) is 0 Å². The normalized spacial score (nSPS) is 13.5. The molecule has 1 heterocycles. The maximum atomic E-state index is 12.0. The van der Waals surface area contributed by atoms with Crippen LogP contribution in [0.5, 0.6) is 0 Å². The average molecular weight is 971 g/mol. The Balaban J connectivity index is 0.000000640. The molecule has 0 aliphatic carbocycles. The fraction of sp³-hybridized carbons (Fsp3) is 0.800. The molecule has 0 saturated heterocycles. The second-order valence-electron chi connectivity index (χ2n) is 15.0. The highest BCUT2D eigenvalue weighted by molar-refractivity contribution is 9.09. The van der Waals surface area contributed by atoms with Crippen LogP contribution < -0.4 is 0 Å². The van der Waals surface area contributed by atoms with Gasteiger partial charge in [-0.1, -0.05) is 170 Å². The van der Waals surface area contributed by atoms with Gasteiger partial charge < -0.3 is 28.7 Å². The predicted octanol–water partition coefficient (Wildman–Crippen LogP) is 12.3. The van der Waals surface area contributed by atoms with Gasteiger partial charge in [0.05, 0.1) is 71.8 Å². The Bertz CT molecular complexity index is 1360. The lowest BCUT2D eigenvalue weighted by Gasteiger charge is -2.13. The molecule has 2 atom stereocenters. The summed E-state index contributed by atoms with van der Waals surface area (Å²) >= 11 is 3.10. The van der Waals surface area contributed by atoms with Gasteiger partial charge >= 0.3 is 15.6 Å². The maximum Gasteiger partial charge on any atom is 0.472 e. The second-order valence-corrected chi connectivity index (χ2v) is 18.7. The zero-order valence-corrected chi connectivity index (χ0v) is 41.1. The molecule has 0 amide bonds. The first-order chi connectivity index (χ1) is 29.7. The number of phosphoric ester groups is 2. The molecule has 1 aromatic carbocycles. The number of aromatic nitrogens is 1. The van der Waals surface area contributed by atoms with E-state index in [0.717, 1.165) is 42.5 Å². The van der Waals surface area contributed by atoms with Crippen molar-refractivity contribution >= 4 is 42.3 Å². The van der Waals surface area contributed by atoms with Gasteiger partial charge in [0.2, 0.25) is 0 Å². The minimum atomic E-state index is -4.12. The van der Waals surface area contributed by atoms with Crippen LogP contribution in [-0.4, -0.2) is 99.4 Å². The Morgan fingerprint density at radius 2 is 0.852 bits per heavy atom. The average Bonchev–Trinajstić information content (AvgIpc) is 3.25. The number of rotatable bonds is 43. The molecular weight excluding hydrogens is 888 g/mol. The molecule has 0 aliphatic heterocycles. The minimum Gasteiger partial charge on any atom is -0.379 e. The molecule has 2 N–H and O–H groups in total. The van der Waals surface area contributed by atoms with Crippen molar-refractivity contribution in [3.05, 3.63) is 42.2 Å². The van der Waals surface area contributed by atoms with Crippen molar-refractivity contribution in [2.24, 2.45) is 0 Å². The Kier molecular flexibility index (Phi) is 39.9. The van der Waals surface area contributed by atoms with Gasteiger partial charge in [0, 0.05) is 36.5 Å². The number of hydrogen-bond acceptors (Lipinski definition) is 11. The molecule has 61 heavy (non-hydrogen) atoms. The van der Waals surface area contributed by atoms with Crippen molar-refractivity contribution < 1.29 is 56.0 Å². The van der Waals surface area contributed by atoms with Gasteiger partial charge in [-0.25, -0.2) is 9.13 Å². The molecule has 0 spiro atoms. The molecule has 0 bridgehead atoms. The summed E-state index contributed by atoms with van der Waals surface area (Å²) < 4.78 is 64.6. The first-order valence-electron chi connectivity index (χ1n) is 23.2. The number of nitrogens with zero attached hydrogens (tertiary/aromatic N) is 1. The molecule has 356 valence electrons. The largest absolute Gasteiger partial charge is 0.472 e. The van der Waals surface area contributed by atoms with Crippen LogP contribution in [0.2, 0.25) is 0 Å². The molecule has 2 unspecified atom stereocenters. The zero-order chi connectivity index (χ0) is 44.4. The summed E-state index contributed by atoms with van der Waals surface area (Å²) in [5, 5.41) is 2.56. The van der Waals surface area contributed by atoms with Gasteiger partial charge in [0.1, 0.15) is 0 Å². The molecule has 0 fully saturated rings. The van der Waals surface area contributed by atoms with E-state index in [1.54, 1.807) is 6.20 Å². The van der Waals surface area contributed by atoms with Crippen molar-refractivity contribution in [1.82, 2.24) is 4.98 Å². The van der Waals surface area contributed by atoms with Crippen molar-refractivity contribution in [3.8, 4) is 0 Å². The number of ether oxygens (including phenoxy) is 4. The lowest BCUT2D eigenvalue weighted by Crippen LogP contribution is -2.10. The third kappa shape index (κ3) is 37.1. The monoisotopic (exact) mass is 969 g/mol. The molecule has 1 aromatic heterocycles. The Hall–Kier alpha value is -0.830. The summed E-state index contributed by atoms with van der Waals surface area (Å²) in [7, 11) is -8.06. The van der Waals surface area contributed by atoms with E-state index in [-0.39, 0.29) is 39.6 Å². The molecule has 16 heteroatoms. The van der Waals surface area contributed by atoms with E-state index in [1.165, 1.54) is 116 Å². The molecule has 13 nitrogen and oxygen atoms in total. The summed E-state index contributed by atoms with van der Waals surface area (Å²) in [5.74, 6) is 0. The number of pyridine rings is 1. The number of alkyl halides is 1. The van der Waals surface area contributed by atoms with Crippen molar-refractivity contribution in [1.29, 1.82) is 0 Å². The van der Waals surface area contributed by atoms with Gasteiger partial charge in [-0.05, 0) is 24.3 Å². The number of halogens is 1. The molecular formula is C45H82BrNO12P2. The van der Waals surface area contributed by atoms with Gasteiger partial charge in [0.25, 0.3) is 0 Å². The van der Waals surface area contributed by atoms with E-state index in [1.807, 2.05) is 30.3 Å². The maximum absolute atomic E-state index is 12.0. The fourth-order valence-electron chi connectivity index (χ4n) is 6.31. The first kappa shape index (κ1) is 58.2. The summed E-state index contributed by atoms with van der Waals surface area (Å²) in [6.45, 7) is 8.59. The van der Waals surface area contributed by atoms with Crippen LogP contribution in [0.25, 0.3) is 10.8 Å². The van der Waals surface area contributed by atoms with Crippen LogP contribution in [0.1, 0.15) is 148 Å². The Labute approximate surface area is 377 Å². The smallest absolute Gasteiger partial charge is 0.379 e. The summed E-state index contributed by atoms with van der Waals surface area (Å²) in [6, 6.07) is 9.82. The third-order valence-electron chi connectivity index (χ3n) is 9.67. The second kappa shape index (κ2) is 41.8. The lowest BCUT2D eigenvalue weighted by atomic mass is 10.1. The molecule has 2 rings (SSSR count). The van der Waals surface area contributed by atoms with Crippen LogP contribution in [0, 0.1) is 0 Å². The van der Waals surface area contributed by atoms with E-state index in [2.05, 4.69) is 39.3 Å². The van der Waals surface area contributed by atoms with Gasteiger partial charge in [-0.3, -0.25) is 23.1 Å². The van der Waals surface area contributed by atoms with Crippen LogP contribution in [0.3, 0.4) is 0 Å². The standard InChI is InChI=1S/C27H44NO6P.C18H38BrO6P/c1-2-3-4-5-6-7-8-9-10-13-19-31-21-22-32-23-24-34-35(29,30)33-20-17-27-26-15-12-11-14-25(26)16-18-28-27;1-2-3-4-5-6-7-8-9-10-11-13-22-15-16-23-17-18-25-26(20,21)24-14-12-19/h11-12,14-16,18H,2-10,13,17,19-24H2,1H3,(H,29,30);2-18H2,1H3,(H,20,21). The van der Waals surface area contributed by atoms with E-state index in [0.29, 0.717) is 38.2 Å². The fourth-order valence-corrected chi connectivity index (χ4v) is 8.13. The highest BCUT2D eigenvalue weighted by Gasteiger charge is 2.21. The van der Waals surface area contributed by atoms with Gasteiger partial charge in [-0.15, -0.1) is 0 Å². The summed E-state index contributed by atoms with van der Waals surface area (Å²) in [4.78, 5) is 23.5. The van der Waals surface area contributed by atoms with Crippen LogP contribution in [-0.2, 0) is 52.6 Å². The first-order valence-corrected chi connectivity index (χ1v) is 27.3. The number of fused-ring (bicyclic) bond motifs is 1. The van der Waals surface area contributed by atoms with Crippen LogP contribution >= 0.6 is 31.6 Å². The molecule has 0 radical (unpaired) electrons. The van der Waals surface area contributed by atoms with Crippen molar-refractivity contribution in [2.45, 2.75) is 149 Å². The SMILES string of the molecule is CCCCCCCCCCCCOCCOCCOP(=O)(O)OCCBr.CCCCCCCCCCCCOCCOCCOP(=O)(O)OCCc1nccc2ccccc12. The molecule has 0 aliphatic rings. The number of hydrogen-bond donors (Lipinski definition) is 2. The highest BCUT2D eigenvalue weighted by Crippen LogP contribution is 2.43. The van der Waals surface area contributed by atoms with E-state index >= 15 is 0 Å². The zero-order valence-electron chi connectivity index (χ0n) is 37.7. The number of unbranched alkanes of at least 4 members (excludes halogenated alkanes) is 18. The quantitative estimate of drug-likeness (QED) is 0.0367. The number of phosphoric acid groups is 2. The lowest BCUT2D eigenvalue weighted by molar-refractivity contribution is 0.0291. The minimum absolute atomic E-state index is 0.0151.